The van der Waals surface area contributed by atoms with Crippen LogP contribution >= 0.6 is 11.8 Å². The van der Waals surface area contributed by atoms with E-state index in [1.165, 1.54) is 0 Å². The highest BCUT2D eigenvalue weighted by atomic mass is 32.2. The van der Waals surface area contributed by atoms with Crippen molar-refractivity contribution in [1.29, 1.82) is 0 Å². The smallest absolute Gasteiger partial charge is 0.168 e. The van der Waals surface area contributed by atoms with Gasteiger partial charge in [-0.2, -0.15) is 0 Å². The predicted molar refractivity (Wildman–Crippen MR) is 69.8 cm³/mol. The number of anilines is 1. The third-order valence-corrected chi connectivity index (χ3v) is 3.23. The largest absolute Gasteiger partial charge is 0.367 e. The summed E-state index contributed by atoms with van der Waals surface area (Å²) in [6.07, 6.45) is 0.996. The lowest BCUT2D eigenvalue weighted by Gasteiger charge is -2.06. The number of hydrogen-bond donors (Lipinski definition) is 1. The Labute approximate surface area is 108 Å². The molecule has 2 aromatic rings. The summed E-state index contributed by atoms with van der Waals surface area (Å²) in [6, 6.07) is 10.7. The fraction of sp³-hybridized carbons (Fsp3) is 0.154. The van der Waals surface area contributed by atoms with Crippen molar-refractivity contribution in [2.75, 3.05) is 17.6 Å². The third kappa shape index (κ3) is 3.70. The Kier molecular flexibility index (Phi) is 4.52. The van der Waals surface area contributed by atoms with Gasteiger partial charge >= 0.3 is 0 Å². The van der Waals surface area contributed by atoms with Crippen molar-refractivity contribution in [1.82, 2.24) is 4.98 Å². The number of pyridine rings is 1. The van der Waals surface area contributed by atoms with Gasteiger partial charge in [-0.15, -0.1) is 11.8 Å². The third-order valence-electron chi connectivity index (χ3n) is 2.21. The van der Waals surface area contributed by atoms with Crippen molar-refractivity contribution in [2.24, 2.45) is 0 Å². The molecule has 0 aliphatic rings. The molecule has 0 aliphatic carbocycles. The molecule has 0 spiro atoms. The van der Waals surface area contributed by atoms with Gasteiger partial charge in [0, 0.05) is 23.3 Å². The van der Waals surface area contributed by atoms with Gasteiger partial charge < -0.3 is 5.32 Å². The quantitative estimate of drug-likeness (QED) is 0.661. The molecule has 2 nitrogen and oxygen atoms in total. The highest BCUT2D eigenvalue weighted by Crippen LogP contribution is 2.17. The van der Waals surface area contributed by atoms with Gasteiger partial charge in [0.2, 0.25) is 0 Å². The number of nitrogens with zero attached hydrogens (tertiary/aromatic N) is 1. The molecule has 94 valence electrons. The van der Waals surface area contributed by atoms with Crippen LogP contribution < -0.4 is 5.32 Å². The Balaban J connectivity index is 1.79. The molecule has 0 saturated carbocycles. The van der Waals surface area contributed by atoms with Crippen molar-refractivity contribution in [3.8, 4) is 0 Å². The zero-order chi connectivity index (χ0) is 12.8. The average molecular weight is 266 g/mol. The van der Waals surface area contributed by atoms with Gasteiger partial charge in [-0.1, -0.05) is 18.2 Å². The van der Waals surface area contributed by atoms with Crippen LogP contribution in [0, 0.1) is 11.6 Å². The molecule has 1 aromatic carbocycles. The Hall–Kier alpha value is -1.62. The lowest BCUT2D eigenvalue weighted by molar-refractivity contribution is 0.576. The van der Waals surface area contributed by atoms with Gasteiger partial charge in [0.05, 0.1) is 6.20 Å². The maximum Gasteiger partial charge on any atom is 0.168 e. The van der Waals surface area contributed by atoms with Crippen molar-refractivity contribution < 1.29 is 8.78 Å². The average Bonchev–Trinajstić information content (AvgIpc) is 2.38. The summed E-state index contributed by atoms with van der Waals surface area (Å²) in [7, 11) is 0. The molecule has 0 bridgehead atoms. The van der Waals surface area contributed by atoms with Gasteiger partial charge in [-0.25, -0.2) is 13.8 Å². The number of nitrogens with one attached hydrogen (secondary N) is 1. The van der Waals surface area contributed by atoms with Crippen LogP contribution in [0.4, 0.5) is 14.6 Å². The molecule has 0 saturated heterocycles. The van der Waals surface area contributed by atoms with Gasteiger partial charge in [0.1, 0.15) is 5.82 Å². The zero-order valence-corrected chi connectivity index (χ0v) is 10.4. The van der Waals surface area contributed by atoms with E-state index in [1.54, 1.807) is 11.8 Å². The van der Waals surface area contributed by atoms with Gasteiger partial charge in [-0.3, -0.25) is 0 Å². The maximum atomic E-state index is 13.2. The molecule has 1 N–H and O–H groups in total. The van der Waals surface area contributed by atoms with Gasteiger partial charge in [0.25, 0.3) is 0 Å². The summed E-state index contributed by atoms with van der Waals surface area (Å²) in [6.45, 7) is 0.565. The van der Waals surface area contributed by atoms with E-state index in [9.17, 15) is 8.78 Å². The SMILES string of the molecule is Fc1cnc(NCCSc2ccccc2)c(F)c1. The first-order valence-electron chi connectivity index (χ1n) is 5.48. The summed E-state index contributed by atoms with van der Waals surface area (Å²) in [4.78, 5) is 4.81. The van der Waals surface area contributed by atoms with Crippen LogP contribution in [0.3, 0.4) is 0 Å². The highest BCUT2D eigenvalue weighted by Gasteiger charge is 2.04. The molecule has 5 heteroatoms. The number of hydrogen-bond acceptors (Lipinski definition) is 3. The molecule has 18 heavy (non-hydrogen) atoms. The molecule has 2 rings (SSSR count). The van der Waals surface area contributed by atoms with Crippen LogP contribution in [0.25, 0.3) is 0 Å². The summed E-state index contributed by atoms with van der Waals surface area (Å²) in [5, 5.41) is 2.84. The topological polar surface area (TPSA) is 24.9 Å². The zero-order valence-electron chi connectivity index (χ0n) is 9.57. The number of benzene rings is 1. The van der Waals surface area contributed by atoms with E-state index in [-0.39, 0.29) is 5.82 Å². The monoisotopic (exact) mass is 266 g/mol. The van der Waals surface area contributed by atoms with Crippen LogP contribution in [0.1, 0.15) is 0 Å². The van der Waals surface area contributed by atoms with Crippen molar-refractivity contribution in [2.45, 2.75) is 4.90 Å². The number of aromatic nitrogens is 1. The Morgan fingerprint density at radius 3 is 2.67 bits per heavy atom. The molecule has 0 atom stereocenters. The number of thioether (sulfide) groups is 1. The first-order valence-corrected chi connectivity index (χ1v) is 6.47. The molecular weight excluding hydrogens is 254 g/mol. The van der Waals surface area contributed by atoms with Gasteiger partial charge in [0.15, 0.2) is 11.6 Å². The van der Waals surface area contributed by atoms with Crippen molar-refractivity contribution in [3.63, 3.8) is 0 Å². The number of halogens is 2. The first-order chi connectivity index (χ1) is 8.75. The van der Waals surface area contributed by atoms with E-state index in [4.69, 9.17) is 0 Å². The highest BCUT2D eigenvalue weighted by molar-refractivity contribution is 7.99. The molecule has 1 aromatic heterocycles. The minimum absolute atomic E-state index is 0.0880. The fourth-order valence-corrected chi connectivity index (χ4v) is 2.19. The van der Waals surface area contributed by atoms with Crippen LogP contribution in [0.2, 0.25) is 0 Å². The second kappa shape index (κ2) is 6.35. The molecule has 0 amide bonds. The number of rotatable bonds is 5. The van der Waals surface area contributed by atoms with Crippen LogP contribution in [-0.4, -0.2) is 17.3 Å². The van der Waals surface area contributed by atoms with Crippen LogP contribution in [0.15, 0.2) is 47.5 Å². The Morgan fingerprint density at radius 2 is 1.94 bits per heavy atom. The van der Waals surface area contributed by atoms with E-state index < -0.39 is 11.6 Å². The molecule has 1 heterocycles. The minimum Gasteiger partial charge on any atom is -0.367 e. The van der Waals surface area contributed by atoms with E-state index >= 15 is 0 Å². The summed E-state index contributed by atoms with van der Waals surface area (Å²) in [5.74, 6) is -0.468. The standard InChI is InChI=1S/C13H12F2N2S/c14-10-8-12(15)13(17-9-10)16-6-7-18-11-4-2-1-3-5-11/h1-5,8-9H,6-7H2,(H,16,17). The van der Waals surface area contributed by atoms with E-state index in [2.05, 4.69) is 10.3 Å². The summed E-state index contributed by atoms with van der Waals surface area (Å²) >= 11 is 1.66. The van der Waals surface area contributed by atoms with Crippen LogP contribution in [0.5, 0.6) is 0 Å². The lowest BCUT2D eigenvalue weighted by Crippen LogP contribution is -2.07. The Bertz CT molecular complexity index is 506. The second-order valence-electron chi connectivity index (χ2n) is 3.57. The van der Waals surface area contributed by atoms with Crippen molar-refractivity contribution >= 4 is 17.6 Å². The van der Waals surface area contributed by atoms with Crippen LogP contribution in [-0.2, 0) is 0 Å². The normalized spacial score (nSPS) is 10.3. The predicted octanol–water partition coefficient (Wildman–Crippen LogP) is 3.56. The summed E-state index contributed by atoms with van der Waals surface area (Å²) < 4.78 is 25.9. The van der Waals surface area contributed by atoms with Gasteiger partial charge in [-0.05, 0) is 12.1 Å². The summed E-state index contributed by atoms with van der Waals surface area (Å²) in [5.41, 5.74) is 0. The molecule has 0 radical (unpaired) electrons. The van der Waals surface area contributed by atoms with Crippen molar-refractivity contribution in [3.05, 3.63) is 54.2 Å². The van der Waals surface area contributed by atoms with E-state index in [0.717, 1.165) is 22.9 Å². The Morgan fingerprint density at radius 1 is 1.17 bits per heavy atom. The second-order valence-corrected chi connectivity index (χ2v) is 4.74. The van der Waals surface area contributed by atoms with E-state index in [0.29, 0.717) is 6.54 Å². The molecule has 0 unspecified atom stereocenters. The maximum absolute atomic E-state index is 13.2. The molecular formula is C13H12F2N2S. The minimum atomic E-state index is -0.670. The lowest BCUT2D eigenvalue weighted by atomic mass is 10.4. The molecule has 0 fully saturated rings. The first kappa shape index (κ1) is 12.8. The fourth-order valence-electron chi connectivity index (χ4n) is 1.40. The van der Waals surface area contributed by atoms with E-state index in [1.807, 2.05) is 30.3 Å². The molecule has 0 aliphatic heterocycles.